The summed E-state index contributed by atoms with van der Waals surface area (Å²) in [6, 6.07) is 14.9. The van der Waals surface area contributed by atoms with E-state index >= 15 is 0 Å². The third-order valence-electron chi connectivity index (χ3n) is 5.62. The van der Waals surface area contributed by atoms with Gasteiger partial charge in [-0.1, -0.05) is 18.2 Å². The number of anilines is 2. The van der Waals surface area contributed by atoms with Crippen LogP contribution < -0.4 is 14.5 Å². The first-order valence-electron chi connectivity index (χ1n) is 11.0. The molecule has 8 nitrogen and oxygen atoms in total. The zero-order valence-corrected chi connectivity index (χ0v) is 20.3. The van der Waals surface area contributed by atoms with Crippen molar-refractivity contribution in [2.75, 3.05) is 16.3 Å². The maximum atomic E-state index is 13.2. The summed E-state index contributed by atoms with van der Waals surface area (Å²) in [5, 5.41) is 0. The number of benzene rings is 2. The molecular formula is C25H27N3O5S. The van der Waals surface area contributed by atoms with E-state index in [0.29, 0.717) is 17.9 Å². The molecule has 3 aromatic rings. The number of furan rings is 1. The summed E-state index contributed by atoms with van der Waals surface area (Å²) in [6.07, 6.45) is 1.45. The van der Waals surface area contributed by atoms with Crippen LogP contribution >= 0.6 is 0 Å². The van der Waals surface area contributed by atoms with E-state index in [-0.39, 0.29) is 34.6 Å². The lowest BCUT2D eigenvalue weighted by Crippen LogP contribution is -2.51. The summed E-state index contributed by atoms with van der Waals surface area (Å²) in [5.74, 6) is -0.189. The number of amides is 2. The number of nitrogens with one attached hydrogen (secondary N) is 1. The van der Waals surface area contributed by atoms with E-state index in [1.165, 1.54) is 13.2 Å². The second kappa shape index (κ2) is 9.08. The summed E-state index contributed by atoms with van der Waals surface area (Å²) in [5.41, 5.74) is 2.79. The standard InChI is InChI=1S/C25H27N3O5S/c1-16(2)26-34(31,32)21-10-7-19(8-11-21)20-9-12-22-23(14-20)27(15-17(3)28(22)18(4)29)25(30)24-6-5-13-33-24/h5-14,16-17,26H,15H2,1-4H3. The van der Waals surface area contributed by atoms with Crippen LogP contribution in [0.5, 0.6) is 0 Å². The molecule has 0 aliphatic carbocycles. The molecule has 0 spiro atoms. The van der Waals surface area contributed by atoms with Crippen molar-refractivity contribution in [3.8, 4) is 11.1 Å². The molecule has 1 aromatic heterocycles. The van der Waals surface area contributed by atoms with E-state index in [4.69, 9.17) is 4.42 Å². The van der Waals surface area contributed by atoms with E-state index in [0.717, 1.165) is 11.1 Å². The van der Waals surface area contributed by atoms with Gasteiger partial charge in [0.25, 0.3) is 5.91 Å². The SMILES string of the molecule is CC(=O)N1c2ccc(-c3ccc(S(=O)(=O)NC(C)C)cc3)cc2N(C(=O)c2ccco2)CC1C. The number of hydrogen-bond donors (Lipinski definition) is 1. The molecule has 0 saturated carbocycles. The van der Waals surface area contributed by atoms with Crippen molar-refractivity contribution < 1.29 is 22.4 Å². The summed E-state index contributed by atoms with van der Waals surface area (Å²) >= 11 is 0. The van der Waals surface area contributed by atoms with Crippen LogP contribution in [-0.4, -0.2) is 38.9 Å². The van der Waals surface area contributed by atoms with E-state index in [1.54, 1.807) is 60.0 Å². The highest BCUT2D eigenvalue weighted by Gasteiger charge is 2.35. The van der Waals surface area contributed by atoms with Gasteiger partial charge in [-0.3, -0.25) is 9.59 Å². The molecule has 0 saturated heterocycles. The van der Waals surface area contributed by atoms with Gasteiger partial charge < -0.3 is 14.2 Å². The minimum atomic E-state index is -3.60. The number of rotatable bonds is 5. The van der Waals surface area contributed by atoms with E-state index in [9.17, 15) is 18.0 Å². The Bertz CT molecular complexity index is 1320. The Morgan fingerprint density at radius 2 is 1.71 bits per heavy atom. The zero-order valence-electron chi connectivity index (χ0n) is 19.5. The summed E-state index contributed by atoms with van der Waals surface area (Å²) in [6.45, 7) is 7.24. The van der Waals surface area contributed by atoms with Crippen molar-refractivity contribution in [3.63, 3.8) is 0 Å². The van der Waals surface area contributed by atoms with Gasteiger partial charge in [-0.2, -0.15) is 0 Å². The molecular weight excluding hydrogens is 454 g/mol. The molecule has 0 bridgehead atoms. The maximum Gasteiger partial charge on any atom is 0.294 e. The van der Waals surface area contributed by atoms with Gasteiger partial charge in [-0.15, -0.1) is 0 Å². The molecule has 1 aliphatic rings. The summed E-state index contributed by atoms with van der Waals surface area (Å²) in [4.78, 5) is 29.0. The molecule has 1 atom stereocenters. The second-order valence-electron chi connectivity index (χ2n) is 8.63. The third-order valence-corrected chi connectivity index (χ3v) is 7.29. The number of carbonyl (C=O) groups excluding carboxylic acids is 2. The lowest BCUT2D eigenvalue weighted by molar-refractivity contribution is -0.117. The molecule has 34 heavy (non-hydrogen) atoms. The van der Waals surface area contributed by atoms with Crippen molar-refractivity contribution in [2.24, 2.45) is 0 Å². The molecule has 1 aliphatic heterocycles. The van der Waals surface area contributed by atoms with E-state index in [1.807, 2.05) is 25.1 Å². The quantitative estimate of drug-likeness (QED) is 0.593. The molecule has 2 aromatic carbocycles. The van der Waals surface area contributed by atoms with Gasteiger partial charge >= 0.3 is 0 Å². The van der Waals surface area contributed by atoms with E-state index in [2.05, 4.69) is 4.72 Å². The molecule has 2 heterocycles. The number of hydrogen-bond acceptors (Lipinski definition) is 5. The smallest absolute Gasteiger partial charge is 0.294 e. The highest BCUT2D eigenvalue weighted by Crippen LogP contribution is 2.39. The van der Waals surface area contributed by atoms with Gasteiger partial charge in [0, 0.05) is 19.5 Å². The van der Waals surface area contributed by atoms with Crippen LogP contribution in [-0.2, 0) is 14.8 Å². The Kier molecular flexibility index (Phi) is 6.33. The lowest BCUT2D eigenvalue weighted by Gasteiger charge is -2.40. The van der Waals surface area contributed by atoms with Gasteiger partial charge in [0.2, 0.25) is 15.9 Å². The summed E-state index contributed by atoms with van der Waals surface area (Å²) in [7, 11) is -3.60. The Hall–Kier alpha value is -3.43. The van der Waals surface area contributed by atoms with Gasteiger partial charge in [-0.25, -0.2) is 13.1 Å². The molecule has 2 amide bonds. The molecule has 1 N–H and O–H groups in total. The monoisotopic (exact) mass is 481 g/mol. The van der Waals surface area contributed by atoms with Crippen LogP contribution in [0.3, 0.4) is 0 Å². The number of sulfonamides is 1. The van der Waals surface area contributed by atoms with Crippen LogP contribution in [0.2, 0.25) is 0 Å². The Morgan fingerprint density at radius 1 is 1.03 bits per heavy atom. The van der Waals surface area contributed by atoms with Crippen molar-refractivity contribution in [1.29, 1.82) is 0 Å². The molecule has 1 unspecified atom stereocenters. The fourth-order valence-corrected chi connectivity index (χ4v) is 5.47. The zero-order chi connectivity index (χ0) is 24.6. The van der Waals surface area contributed by atoms with Crippen molar-refractivity contribution >= 4 is 33.2 Å². The van der Waals surface area contributed by atoms with Crippen molar-refractivity contribution in [2.45, 2.75) is 44.7 Å². The highest BCUT2D eigenvalue weighted by molar-refractivity contribution is 7.89. The average Bonchev–Trinajstić information content (AvgIpc) is 3.32. The Morgan fingerprint density at radius 3 is 2.29 bits per heavy atom. The van der Waals surface area contributed by atoms with Gasteiger partial charge in [-0.05, 0) is 68.3 Å². The predicted octanol–water partition coefficient (Wildman–Crippen LogP) is 4.04. The number of carbonyl (C=O) groups is 2. The van der Waals surface area contributed by atoms with Crippen LogP contribution in [0, 0.1) is 0 Å². The van der Waals surface area contributed by atoms with Crippen LogP contribution in [0.25, 0.3) is 11.1 Å². The Balaban J connectivity index is 1.75. The van der Waals surface area contributed by atoms with Crippen LogP contribution in [0.1, 0.15) is 38.2 Å². The largest absolute Gasteiger partial charge is 0.459 e. The first-order valence-corrected chi connectivity index (χ1v) is 12.5. The fourth-order valence-electron chi connectivity index (χ4n) is 4.21. The predicted molar refractivity (Wildman–Crippen MR) is 130 cm³/mol. The third kappa shape index (κ3) is 4.49. The fraction of sp³-hybridized carbons (Fsp3) is 0.280. The summed E-state index contributed by atoms with van der Waals surface area (Å²) < 4.78 is 32.8. The van der Waals surface area contributed by atoms with Gasteiger partial charge in [0.15, 0.2) is 5.76 Å². The van der Waals surface area contributed by atoms with Gasteiger partial charge in [0.05, 0.1) is 28.6 Å². The highest BCUT2D eigenvalue weighted by atomic mass is 32.2. The second-order valence-corrected chi connectivity index (χ2v) is 10.3. The topological polar surface area (TPSA) is 99.9 Å². The maximum absolute atomic E-state index is 13.2. The van der Waals surface area contributed by atoms with E-state index < -0.39 is 10.0 Å². The minimum Gasteiger partial charge on any atom is -0.459 e. The minimum absolute atomic E-state index is 0.112. The molecule has 178 valence electrons. The average molecular weight is 482 g/mol. The number of nitrogens with zero attached hydrogens (tertiary/aromatic N) is 2. The number of fused-ring (bicyclic) bond motifs is 1. The molecule has 4 rings (SSSR count). The molecule has 0 fully saturated rings. The lowest BCUT2D eigenvalue weighted by atomic mass is 10.0. The van der Waals surface area contributed by atoms with Crippen LogP contribution in [0.15, 0.2) is 70.2 Å². The van der Waals surface area contributed by atoms with Crippen molar-refractivity contribution in [1.82, 2.24) is 4.72 Å². The Labute approximate surface area is 199 Å². The van der Waals surface area contributed by atoms with Crippen LogP contribution in [0.4, 0.5) is 11.4 Å². The van der Waals surface area contributed by atoms with Gasteiger partial charge in [0.1, 0.15) is 0 Å². The molecule has 9 heteroatoms. The normalized spacial score (nSPS) is 16.0. The first kappa shape index (κ1) is 23.7. The van der Waals surface area contributed by atoms with Crippen molar-refractivity contribution in [3.05, 3.63) is 66.6 Å². The molecule has 0 radical (unpaired) electrons. The first-order chi connectivity index (χ1) is 16.1.